The first-order valence-electron chi connectivity index (χ1n) is 7.31. The van der Waals surface area contributed by atoms with Gasteiger partial charge in [-0.1, -0.05) is 30.3 Å². The zero-order chi connectivity index (χ0) is 13.9. The lowest BCUT2D eigenvalue weighted by molar-refractivity contribution is 0.221. The Hall–Kier alpha value is -1.32. The second-order valence-electron chi connectivity index (χ2n) is 5.63. The molecule has 0 spiro atoms. The Labute approximate surface area is 125 Å². The van der Waals surface area contributed by atoms with Crippen molar-refractivity contribution >= 4 is 17.0 Å². The van der Waals surface area contributed by atoms with Gasteiger partial charge in [-0.25, -0.2) is 0 Å². The molecule has 0 saturated carbocycles. The molecule has 1 atom stereocenters. The Kier molecular flexibility index (Phi) is 4.08. The molecule has 20 heavy (non-hydrogen) atoms. The lowest BCUT2D eigenvalue weighted by Crippen LogP contribution is -2.51. The van der Waals surface area contributed by atoms with Crippen LogP contribution in [0.3, 0.4) is 0 Å². The van der Waals surface area contributed by atoms with Gasteiger partial charge in [-0.3, -0.25) is 4.90 Å². The normalized spacial score (nSPS) is 20.3. The van der Waals surface area contributed by atoms with Crippen molar-refractivity contribution in [2.24, 2.45) is 0 Å². The molecule has 1 aliphatic heterocycles. The molecule has 1 aliphatic rings. The van der Waals surface area contributed by atoms with Gasteiger partial charge in [0, 0.05) is 37.1 Å². The Bertz CT molecular complexity index is 549. The van der Waals surface area contributed by atoms with E-state index in [1.54, 1.807) is 0 Å². The largest absolute Gasteiger partial charge is 0.365 e. The summed E-state index contributed by atoms with van der Waals surface area (Å²) >= 11 is 1.85. The maximum Gasteiger partial charge on any atom is 0.0507 e. The fraction of sp³-hybridized carbons (Fsp3) is 0.412. The zero-order valence-corrected chi connectivity index (χ0v) is 13.1. The third-order valence-electron chi connectivity index (χ3n) is 4.10. The molecule has 106 valence electrons. The highest BCUT2D eigenvalue weighted by molar-refractivity contribution is 7.10. The van der Waals surface area contributed by atoms with Crippen LogP contribution in [0.1, 0.15) is 17.4 Å². The minimum Gasteiger partial charge on any atom is -0.365 e. The Morgan fingerprint density at radius 3 is 2.60 bits per heavy atom. The molecule has 3 rings (SSSR count). The summed E-state index contributed by atoms with van der Waals surface area (Å²) < 4.78 is 0. The topological polar surface area (TPSA) is 6.48 Å². The van der Waals surface area contributed by atoms with Crippen LogP contribution in [0.4, 0.5) is 5.69 Å². The third-order valence-corrected chi connectivity index (χ3v) is 4.94. The van der Waals surface area contributed by atoms with Crippen molar-refractivity contribution in [1.29, 1.82) is 0 Å². The maximum absolute atomic E-state index is 2.57. The average Bonchev–Trinajstić information content (AvgIpc) is 2.86. The standard InChI is InChI=1S/C17H22N2S/c1-14-12-18(13-16-6-4-3-5-7-16)9-10-19(14)17-8-11-20-15(17)2/h3-8,11,14H,9-10,12-13H2,1-2H3/t14-/m1/s1. The SMILES string of the molecule is Cc1sccc1N1CCN(Cc2ccccc2)C[C@H]1C. The van der Waals surface area contributed by atoms with E-state index < -0.39 is 0 Å². The van der Waals surface area contributed by atoms with Crippen LogP contribution in [0.5, 0.6) is 0 Å². The minimum absolute atomic E-state index is 0.584. The van der Waals surface area contributed by atoms with Gasteiger partial charge in [-0.15, -0.1) is 11.3 Å². The molecule has 0 bridgehead atoms. The van der Waals surface area contributed by atoms with Crippen LogP contribution >= 0.6 is 11.3 Å². The van der Waals surface area contributed by atoms with Crippen LogP contribution < -0.4 is 4.90 Å². The molecule has 2 heterocycles. The molecule has 2 aromatic rings. The molecule has 0 amide bonds. The monoisotopic (exact) mass is 286 g/mol. The van der Waals surface area contributed by atoms with Crippen molar-refractivity contribution in [2.75, 3.05) is 24.5 Å². The van der Waals surface area contributed by atoms with E-state index in [0.29, 0.717) is 6.04 Å². The van der Waals surface area contributed by atoms with E-state index in [2.05, 4.69) is 65.4 Å². The molecular weight excluding hydrogens is 264 g/mol. The van der Waals surface area contributed by atoms with Gasteiger partial charge in [0.05, 0.1) is 5.69 Å². The van der Waals surface area contributed by atoms with Crippen molar-refractivity contribution in [3.8, 4) is 0 Å². The van der Waals surface area contributed by atoms with E-state index in [9.17, 15) is 0 Å². The van der Waals surface area contributed by atoms with E-state index in [1.165, 1.54) is 16.1 Å². The summed E-state index contributed by atoms with van der Waals surface area (Å²) in [5, 5.41) is 2.20. The highest BCUT2D eigenvalue weighted by Crippen LogP contribution is 2.28. The first kappa shape index (κ1) is 13.7. The number of aryl methyl sites for hydroxylation is 1. The fourth-order valence-corrected chi connectivity index (χ4v) is 3.76. The van der Waals surface area contributed by atoms with Crippen LogP contribution in [0.25, 0.3) is 0 Å². The Morgan fingerprint density at radius 1 is 1.15 bits per heavy atom. The fourth-order valence-electron chi connectivity index (χ4n) is 3.05. The second-order valence-corrected chi connectivity index (χ2v) is 6.75. The summed E-state index contributed by atoms with van der Waals surface area (Å²) in [4.78, 5) is 6.57. The van der Waals surface area contributed by atoms with Gasteiger partial charge in [0.2, 0.25) is 0 Å². The maximum atomic E-state index is 2.57. The van der Waals surface area contributed by atoms with Crippen molar-refractivity contribution in [2.45, 2.75) is 26.4 Å². The van der Waals surface area contributed by atoms with Gasteiger partial charge in [-0.2, -0.15) is 0 Å². The number of rotatable bonds is 3. The lowest BCUT2D eigenvalue weighted by Gasteiger charge is -2.41. The van der Waals surface area contributed by atoms with Crippen molar-refractivity contribution in [3.63, 3.8) is 0 Å². The first-order chi connectivity index (χ1) is 9.74. The number of benzene rings is 1. The summed E-state index contributed by atoms with van der Waals surface area (Å²) in [5.41, 5.74) is 2.85. The molecule has 1 saturated heterocycles. The van der Waals surface area contributed by atoms with Gasteiger partial charge in [0.1, 0.15) is 0 Å². The summed E-state index contributed by atoms with van der Waals surface area (Å²) in [6.45, 7) is 9.06. The predicted octanol–water partition coefficient (Wildman–Crippen LogP) is 3.77. The highest BCUT2D eigenvalue weighted by atomic mass is 32.1. The third kappa shape index (κ3) is 2.89. The summed E-state index contributed by atoms with van der Waals surface area (Å²) in [7, 11) is 0. The summed E-state index contributed by atoms with van der Waals surface area (Å²) in [6, 6.07) is 13.6. The smallest absolute Gasteiger partial charge is 0.0507 e. The number of thiophene rings is 1. The van der Waals surface area contributed by atoms with E-state index in [1.807, 2.05) is 11.3 Å². The molecule has 1 fully saturated rings. The summed E-state index contributed by atoms with van der Waals surface area (Å²) in [5.74, 6) is 0. The van der Waals surface area contributed by atoms with Crippen LogP contribution in [0.15, 0.2) is 41.8 Å². The van der Waals surface area contributed by atoms with E-state index >= 15 is 0 Å². The van der Waals surface area contributed by atoms with Gasteiger partial charge in [0.25, 0.3) is 0 Å². The molecule has 0 N–H and O–H groups in total. The zero-order valence-electron chi connectivity index (χ0n) is 12.2. The van der Waals surface area contributed by atoms with Crippen molar-refractivity contribution in [3.05, 3.63) is 52.2 Å². The number of hydrogen-bond donors (Lipinski definition) is 0. The summed E-state index contributed by atoms with van der Waals surface area (Å²) in [6.07, 6.45) is 0. The quantitative estimate of drug-likeness (QED) is 0.847. The van der Waals surface area contributed by atoms with Gasteiger partial charge in [-0.05, 0) is 30.9 Å². The molecular formula is C17H22N2S. The number of hydrogen-bond acceptors (Lipinski definition) is 3. The van der Waals surface area contributed by atoms with Gasteiger partial charge in [0.15, 0.2) is 0 Å². The predicted molar refractivity (Wildman–Crippen MR) is 87.6 cm³/mol. The van der Waals surface area contributed by atoms with Crippen LogP contribution in [-0.4, -0.2) is 30.6 Å². The number of piperazine rings is 1. The molecule has 0 unspecified atom stereocenters. The second kappa shape index (κ2) is 5.98. The van der Waals surface area contributed by atoms with Gasteiger partial charge < -0.3 is 4.90 Å². The average molecular weight is 286 g/mol. The van der Waals surface area contributed by atoms with E-state index in [0.717, 1.165) is 26.2 Å². The lowest BCUT2D eigenvalue weighted by atomic mass is 10.1. The molecule has 2 nitrogen and oxygen atoms in total. The van der Waals surface area contributed by atoms with E-state index in [4.69, 9.17) is 0 Å². The van der Waals surface area contributed by atoms with Crippen molar-refractivity contribution in [1.82, 2.24) is 4.90 Å². The molecule has 1 aromatic carbocycles. The van der Waals surface area contributed by atoms with Crippen LogP contribution in [-0.2, 0) is 6.54 Å². The van der Waals surface area contributed by atoms with Crippen molar-refractivity contribution < 1.29 is 0 Å². The Morgan fingerprint density at radius 2 is 1.95 bits per heavy atom. The molecule has 0 radical (unpaired) electrons. The number of nitrogens with zero attached hydrogens (tertiary/aromatic N) is 2. The Balaban J connectivity index is 1.64. The highest BCUT2D eigenvalue weighted by Gasteiger charge is 2.24. The molecule has 0 aliphatic carbocycles. The van der Waals surface area contributed by atoms with Gasteiger partial charge >= 0.3 is 0 Å². The van der Waals surface area contributed by atoms with Crippen LogP contribution in [0, 0.1) is 6.92 Å². The van der Waals surface area contributed by atoms with E-state index in [-0.39, 0.29) is 0 Å². The molecule has 3 heteroatoms. The van der Waals surface area contributed by atoms with Crippen LogP contribution in [0.2, 0.25) is 0 Å². The number of anilines is 1. The molecule has 1 aromatic heterocycles. The first-order valence-corrected chi connectivity index (χ1v) is 8.19. The minimum atomic E-state index is 0.584.